The Morgan fingerprint density at radius 3 is 3.12 bits per heavy atom. The van der Waals surface area contributed by atoms with Crippen molar-refractivity contribution in [3.05, 3.63) is 11.9 Å². The molecule has 1 aromatic heterocycles. The lowest BCUT2D eigenvalue weighted by molar-refractivity contribution is -0.00388. The zero-order valence-electron chi connectivity index (χ0n) is 10.0. The third kappa shape index (κ3) is 1.97. The molecule has 1 aliphatic rings. The molecule has 0 radical (unpaired) electrons. The van der Waals surface area contributed by atoms with Gasteiger partial charge in [0.1, 0.15) is 0 Å². The van der Waals surface area contributed by atoms with Crippen molar-refractivity contribution in [3.8, 4) is 0 Å². The molecule has 2 rings (SSSR count). The van der Waals surface area contributed by atoms with Gasteiger partial charge in [-0.15, -0.1) is 5.10 Å². The van der Waals surface area contributed by atoms with Gasteiger partial charge in [0.2, 0.25) is 0 Å². The van der Waals surface area contributed by atoms with Crippen molar-refractivity contribution in [2.24, 2.45) is 5.73 Å². The second-order valence-electron chi connectivity index (χ2n) is 4.62. The number of ether oxygens (including phenoxy) is 1. The number of rotatable bonds is 4. The van der Waals surface area contributed by atoms with Crippen LogP contribution in [0.25, 0.3) is 0 Å². The maximum absolute atomic E-state index is 6.28. The Hall–Kier alpha value is -0.940. The van der Waals surface area contributed by atoms with E-state index in [1.165, 1.54) is 0 Å². The first-order valence-electron chi connectivity index (χ1n) is 5.95. The molecule has 2 unspecified atom stereocenters. The highest BCUT2D eigenvalue weighted by Gasteiger charge is 2.38. The lowest BCUT2D eigenvalue weighted by atomic mass is 9.91. The fourth-order valence-electron chi connectivity index (χ4n) is 2.25. The van der Waals surface area contributed by atoms with Gasteiger partial charge >= 0.3 is 0 Å². The molecule has 0 aromatic carbocycles. The van der Waals surface area contributed by atoms with Crippen LogP contribution in [0.3, 0.4) is 0 Å². The van der Waals surface area contributed by atoms with E-state index in [0.717, 1.165) is 38.1 Å². The van der Waals surface area contributed by atoms with Gasteiger partial charge in [0.25, 0.3) is 0 Å². The summed E-state index contributed by atoms with van der Waals surface area (Å²) in [6.07, 6.45) is 4.87. The summed E-state index contributed by atoms with van der Waals surface area (Å²) >= 11 is 0. The third-order valence-corrected chi connectivity index (χ3v) is 3.31. The molecule has 1 fully saturated rings. The average molecular weight is 224 g/mol. The molecule has 5 nitrogen and oxygen atoms in total. The summed E-state index contributed by atoms with van der Waals surface area (Å²) in [7, 11) is 0. The SMILES string of the molecule is CCCn1nncc1C(N)C1(C)CCCO1. The number of hydrogen-bond acceptors (Lipinski definition) is 4. The maximum atomic E-state index is 6.28. The van der Waals surface area contributed by atoms with Crippen molar-refractivity contribution in [1.82, 2.24) is 15.0 Å². The van der Waals surface area contributed by atoms with Crippen molar-refractivity contribution >= 4 is 0 Å². The molecule has 90 valence electrons. The van der Waals surface area contributed by atoms with Crippen molar-refractivity contribution in [2.75, 3.05) is 6.61 Å². The highest BCUT2D eigenvalue weighted by Crippen LogP contribution is 2.35. The van der Waals surface area contributed by atoms with Crippen LogP contribution in [-0.4, -0.2) is 27.2 Å². The molecule has 0 amide bonds. The normalized spacial score (nSPS) is 27.2. The van der Waals surface area contributed by atoms with E-state index in [9.17, 15) is 0 Å². The Balaban J connectivity index is 2.19. The lowest BCUT2D eigenvalue weighted by Gasteiger charge is -2.30. The largest absolute Gasteiger partial charge is 0.373 e. The molecule has 1 aliphatic heterocycles. The third-order valence-electron chi connectivity index (χ3n) is 3.31. The van der Waals surface area contributed by atoms with Crippen molar-refractivity contribution in [2.45, 2.75) is 51.3 Å². The molecule has 0 spiro atoms. The minimum Gasteiger partial charge on any atom is -0.373 e. The predicted molar refractivity (Wildman–Crippen MR) is 60.8 cm³/mol. The van der Waals surface area contributed by atoms with Gasteiger partial charge in [0.05, 0.1) is 23.5 Å². The van der Waals surface area contributed by atoms with E-state index >= 15 is 0 Å². The summed E-state index contributed by atoms with van der Waals surface area (Å²) in [5.74, 6) is 0. The predicted octanol–water partition coefficient (Wildman–Crippen LogP) is 1.26. The quantitative estimate of drug-likeness (QED) is 0.836. The molecular weight excluding hydrogens is 204 g/mol. The van der Waals surface area contributed by atoms with E-state index < -0.39 is 0 Å². The van der Waals surface area contributed by atoms with Crippen LogP contribution >= 0.6 is 0 Å². The summed E-state index contributed by atoms with van der Waals surface area (Å²) in [4.78, 5) is 0. The molecule has 5 heteroatoms. The van der Waals surface area contributed by atoms with Gasteiger partial charge in [-0.3, -0.25) is 0 Å². The van der Waals surface area contributed by atoms with E-state index in [2.05, 4.69) is 24.2 Å². The molecule has 1 aromatic rings. The van der Waals surface area contributed by atoms with E-state index in [1.54, 1.807) is 6.20 Å². The summed E-state index contributed by atoms with van der Waals surface area (Å²) in [6.45, 7) is 5.86. The maximum Gasteiger partial charge on any atom is 0.0862 e. The summed E-state index contributed by atoms with van der Waals surface area (Å²) in [6, 6.07) is -0.142. The Kier molecular flexibility index (Phi) is 3.25. The van der Waals surface area contributed by atoms with Crippen LogP contribution in [-0.2, 0) is 11.3 Å². The zero-order chi connectivity index (χ0) is 11.6. The Labute approximate surface area is 96.0 Å². The van der Waals surface area contributed by atoms with Gasteiger partial charge < -0.3 is 10.5 Å². The fraction of sp³-hybridized carbons (Fsp3) is 0.818. The highest BCUT2D eigenvalue weighted by molar-refractivity contribution is 5.09. The molecule has 2 N–H and O–H groups in total. The van der Waals surface area contributed by atoms with Gasteiger partial charge in [0, 0.05) is 13.2 Å². The molecule has 0 aliphatic carbocycles. The fourth-order valence-corrected chi connectivity index (χ4v) is 2.25. The van der Waals surface area contributed by atoms with Gasteiger partial charge in [0.15, 0.2) is 0 Å². The van der Waals surface area contributed by atoms with E-state index in [1.807, 2.05) is 4.68 Å². The van der Waals surface area contributed by atoms with Crippen LogP contribution in [0, 0.1) is 0 Å². The average Bonchev–Trinajstić information content (AvgIpc) is 2.88. The van der Waals surface area contributed by atoms with Crippen LogP contribution in [0.1, 0.15) is 44.8 Å². The van der Waals surface area contributed by atoms with Crippen LogP contribution in [0.2, 0.25) is 0 Å². The van der Waals surface area contributed by atoms with Gasteiger partial charge in [-0.1, -0.05) is 12.1 Å². The number of aromatic nitrogens is 3. The summed E-state index contributed by atoms with van der Waals surface area (Å²) in [5, 5.41) is 8.00. The summed E-state index contributed by atoms with van der Waals surface area (Å²) < 4.78 is 7.65. The molecule has 16 heavy (non-hydrogen) atoms. The molecule has 0 saturated carbocycles. The van der Waals surface area contributed by atoms with Crippen molar-refractivity contribution in [1.29, 1.82) is 0 Å². The van der Waals surface area contributed by atoms with Crippen LogP contribution < -0.4 is 5.73 Å². The van der Waals surface area contributed by atoms with Gasteiger partial charge in [-0.25, -0.2) is 4.68 Å². The first kappa shape index (κ1) is 11.5. The number of nitrogens with zero attached hydrogens (tertiary/aromatic N) is 3. The molecule has 2 heterocycles. The highest BCUT2D eigenvalue weighted by atomic mass is 16.5. The van der Waals surface area contributed by atoms with E-state index in [0.29, 0.717) is 0 Å². The molecular formula is C11H20N4O. The summed E-state index contributed by atoms with van der Waals surface area (Å²) in [5.41, 5.74) is 7.01. The molecule has 0 bridgehead atoms. The minimum absolute atomic E-state index is 0.142. The topological polar surface area (TPSA) is 66.0 Å². The van der Waals surface area contributed by atoms with E-state index in [-0.39, 0.29) is 11.6 Å². The Bertz CT molecular complexity index is 344. The van der Waals surface area contributed by atoms with Gasteiger partial charge in [-0.05, 0) is 26.2 Å². The second-order valence-corrected chi connectivity index (χ2v) is 4.62. The van der Waals surface area contributed by atoms with Crippen LogP contribution in [0.5, 0.6) is 0 Å². The lowest BCUT2D eigenvalue weighted by Crippen LogP contribution is -2.39. The number of nitrogens with two attached hydrogens (primary N) is 1. The van der Waals surface area contributed by atoms with Gasteiger partial charge in [-0.2, -0.15) is 0 Å². The number of aryl methyl sites for hydroxylation is 1. The van der Waals surface area contributed by atoms with Crippen LogP contribution in [0.15, 0.2) is 6.20 Å². The molecule has 1 saturated heterocycles. The smallest absolute Gasteiger partial charge is 0.0862 e. The van der Waals surface area contributed by atoms with Crippen molar-refractivity contribution < 1.29 is 4.74 Å². The monoisotopic (exact) mass is 224 g/mol. The first-order valence-corrected chi connectivity index (χ1v) is 5.95. The van der Waals surface area contributed by atoms with Crippen molar-refractivity contribution in [3.63, 3.8) is 0 Å². The van der Waals surface area contributed by atoms with Crippen LogP contribution in [0.4, 0.5) is 0 Å². The minimum atomic E-state index is -0.257. The zero-order valence-corrected chi connectivity index (χ0v) is 10.0. The van der Waals surface area contributed by atoms with E-state index in [4.69, 9.17) is 10.5 Å². The molecule has 2 atom stereocenters. The standard InChI is InChI=1S/C11H20N4O/c1-3-6-15-9(8-13-14-15)10(12)11(2)5-4-7-16-11/h8,10H,3-7,12H2,1-2H3. The Morgan fingerprint density at radius 2 is 2.50 bits per heavy atom. The first-order chi connectivity index (χ1) is 7.67. The number of hydrogen-bond donors (Lipinski definition) is 1. The second kappa shape index (κ2) is 4.51. The Morgan fingerprint density at radius 1 is 1.69 bits per heavy atom.